The van der Waals surface area contributed by atoms with Crippen LogP contribution in [0.4, 0.5) is 9.18 Å². The van der Waals surface area contributed by atoms with Crippen molar-refractivity contribution in [2.24, 2.45) is 11.7 Å². The van der Waals surface area contributed by atoms with Crippen LogP contribution in [0.2, 0.25) is 0 Å². The number of likely N-dealkylation sites (tertiary alicyclic amines) is 1. The van der Waals surface area contributed by atoms with Gasteiger partial charge in [-0.1, -0.05) is 6.07 Å². The number of ether oxygens (including phenoxy) is 1. The van der Waals surface area contributed by atoms with E-state index in [0.717, 1.165) is 0 Å². The summed E-state index contributed by atoms with van der Waals surface area (Å²) in [7, 11) is 1.40. The van der Waals surface area contributed by atoms with E-state index in [-0.39, 0.29) is 29.6 Å². The maximum absolute atomic E-state index is 13.7. The molecule has 0 saturated carbocycles. The zero-order valence-electron chi connectivity index (χ0n) is 13.3. The molecule has 0 unspecified atom stereocenters. The number of halogens is 1. The quantitative estimate of drug-likeness (QED) is 0.886. The zero-order valence-corrected chi connectivity index (χ0v) is 13.3. The number of piperidine rings is 1. The molecule has 7 heteroatoms. The molecular formula is C16H22FN3O3. The Morgan fingerprint density at radius 1 is 1.39 bits per heavy atom. The van der Waals surface area contributed by atoms with Crippen molar-refractivity contribution < 1.29 is 18.7 Å². The van der Waals surface area contributed by atoms with Gasteiger partial charge in [-0.15, -0.1) is 0 Å². The molecule has 1 atom stereocenters. The second kappa shape index (κ2) is 7.30. The smallest absolute Gasteiger partial charge is 0.317 e. The van der Waals surface area contributed by atoms with Crippen LogP contribution in [0.5, 0.6) is 5.75 Å². The Morgan fingerprint density at radius 2 is 2.04 bits per heavy atom. The van der Waals surface area contributed by atoms with E-state index in [1.54, 1.807) is 17.9 Å². The Morgan fingerprint density at radius 3 is 2.57 bits per heavy atom. The Balaban J connectivity index is 1.92. The molecule has 2 rings (SSSR count). The van der Waals surface area contributed by atoms with E-state index in [2.05, 4.69) is 5.32 Å². The van der Waals surface area contributed by atoms with E-state index in [4.69, 9.17) is 10.5 Å². The van der Waals surface area contributed by atoms with E-state index in [1.807, 2.05) is 0 Å². The lowest BCUT2D eigenvalue weighted by molar-refractivity contribution is -0.123. The summed E-state index contributed by atoms with van der Waals surface area (Å²) in [5.41, 5.74) is 5.94. The van der Waals surface area contributed by atoms with Crippen molar-refractivity contribution in [1.29, 1.82) is 0 Å². The van der Waals surface area contributed by atoms with Gasteiger partial charge in [-0.25, -0.2) is 9.18 Å². The first-order valence-corrected chi connectivity index (χ1v) is 7.60. The maximum atomic E-state index is 13.7. The number of urea groups is 1. The third-order valence-electron chi connectivity index (χ3n) is 4.20. The van der Waals surface area contributed by atoms with E-state index in [1.165, 1.54) is 19.2 Å². The van der Waals surface area contributed by atoms with Crippen molar-refractivity contribution in [2.75, 3.05) is 20.2 Å². The van der Waals surface area contributed by atoms with Crippen molar-refractivity contribution in [2.45, 2.75) is 25.8 Å². The second-order valence-corrected chi connectivity index (χ2v) is 5.73. The van der Waals surface area contributed by atoms with Crippen LogP contribution in [0.1, 0.15) is 31.4 Å². The van der Waals surface area contributed by atoms with Gasteiger partial charge in [-0.3, -0.25) is 4.79 Å². The van der Waals surface area contributed by atoms with Crippen LogP contribution < -0.4 is 15.8 Å². The summed E-state index contributed by atoms with van der Waals surface area (Å²) in [6.45, 7) is 2.77. The minimum absolute atomic E-state index is 0.160. The van der Waals surface area contributed by atoms with Crippen LogP contribution in [-0.4, -0.2) is 37.0 Å². The number of nitrogens with one attached hydrogen (secondary N) is 1. The number of carbonyl (C=O) groups excluding carboxylic acids is 2. The molecule has 0 aromatic heterocycles. The molecule has 126 valence electrons. The number of primary amides is 1. The summed E-state index contributed by atoms with van der Waals surface area (Å²) < 4.78 is 18.6. The highest BCUT2D eigenvalue weighted by Crippen LogP contribution is 2.22. The summed E-state index contributed by atoms with van der Waals surface area (Å²) in [6, 6.07) is 4.04. The first kappa shape index (κ1) is 17.1. The molecule has 23 heavy (non-hydrogen) atoms. The van der Waals surface area contributed by atoms with Gasteiger partial charge in [0.2, 0.25) is 5.91 Å². The van der Waals surface area contributed by atoms with Crippen LogP contribution in [-0.2, 0) is 4.79 Å². The highest BCUT2D eigenvalue weighted by Gasteiger charge is 2.26. The average Bonchev–Trinajstić information content (AvgIpc) is 2.54. The summed E-state index contributed by atoms with van der Waals surface area (Å²) in [6.07, 6.45) is 1.16. The summed E-state index contributed by atoms with van der Waals surface area (Å²) in [5.74, 6) is -0.770. The van der Waals surface area contributed by atoms with Gasteiger partial charge in [0, 0.05) is 19.0 Å². The van der Waals surface area contributed by atoms with Crippen molar-refractivity contribution in [3.63, 3.8) is 0 Å². The first-order chi connectivity index (χ1) is 10.9. The molecule has 6 nitrogen and oxygen atoms in total. The average molecular weight is 323 g/mol. The maximum Gasteiger partial charge on any atom is 0.317 e. The number of amides is 3. The molecule has 0 bridgehead atoms. The second-order valence-electron chi connectivity index (χ2n) is 5.73. The number of hydrogen-bond donors (Lipinski definition) is 2. The van der Waals surface area contributed by atoms with Crippen LogP contribution in [0, 0.1) is 11.7 Å². The third-order valence-corrected chi connectivity index (χ3v) is 4.20. The largest absolute Gasteiger partial charge is 0.494 e. The monoisotopic (exact) mass is 323 g/mol. The predicted octanol–water partition coefficient (Wildman–Crippen LogP) is 1.80. The fourth-order valence-electron chi connectivity index (χ4n) is 2.68. The summed E-state index contributed by atoms with van der Waals surface area (Å²) in [4.78, 5) is 25.0. The Labute approximate surface area is 134 Å². The lowest BCUT2D eigenvalue weighted by Crippen LogP contribution is -2.46. The number of hydrogen-bond acceptors (Lipinski definition) is 3. The number of methoxy groups -OCH3 is 1. The van der Waals surface area contributed by atoms with E-state index < -0.39 is 5.82 Å². The molecule has 1 aliphatic heterocycles. The number of benzene rings is 1. The number of nitrogens with two attached hydrogens (primary N) is 1. The van der Waals surface area contributed by atoms with Gasteiger partial charge in [-0.05, 0) is 37.5 Å². The summed E-state index contributed by atoms with van der Waals surface area (Å²) >= 11 is 0. The molecule has 3 amide bonds. The Kier molecular flexibility index (Phi) is 5.41. The van der Waals surface area contributed by atoms with Gasteiger partial charge in [0.25, 0.3) is 0 Å². The van der Waals surface area contributed by atoms with Gasteiger partial charge < -0.3 is 20.7 Å². The standard InChI is InChI=1S/C16H22FN3O3/c1-10(12-3-4-14(23-2)13(17)9-12)19-16(22)20-7-5-11(6-8-20)15(18)21/h3-4,9-11H,5-8H2,1-2H3,(H2,18,21)(H,19,22)/t10-/m0/s1. The molecule has 1 saturated heterocycles. The Bertz CT molecular complexity index is 586. The molecule has 3 N–H and O–H groups in total. The van der Waals surface area contributed by atoms with Crippen molar-refractivity contribution in [3.8, 4) is 5.75 Å². The predicted molar refractivity (Wildman–Crippen MR) is 83.4 cm³/mol. The molecule has 0 spiro atoms. The minimum atomic E-state index is -0.464. The van der Waals surface area contributed by atoms with E-state index in [9.17, 15) is 14.0 Å². The van der Waals surface area contributed by atoms with Crippen molar-refractivity contribution >= 4 is 11.9 Å². The minimum Gasteiger partial charge on any atom is -0.494 e. The molecule has 1 heterocycles. The van der Waals surface area contributed by atoms with Crippen molar-refractivity contribution in [1.82, 2.24) is 10.2 Å². The van der Waals surface area contributed by atoms with Gasteiger partial charge in [-0.2, -0.15) is 0 Å². The molecule has 0 radical (unpaired) electrons. The van der Waals surface area contributed by atoms with Gasteiger partial charge in [0.1, 0.15) is 0 Å². The van der Waals surface area contributed by atoms with Crippen LogP contribution in [0.3, 0.4) is 0 Å². The lowest BCUT2D eigenvalue weighted by atomic mass is 9.96. The third kappa shape index (κ3) is 4.12. The van der Waals surface area contributed by atoms with Crippen LogP contribution in [0.25, 0.3) is 0 Å². The summed E-state index contributed by atoms with van der Waals surface area (Å²) in [5, 5.41) is 2.84. The SMILES string of the molecule is COc1ccc([C@H](C)NC(=O)N2CCC(C(N)=O)CC2)cc1F. The van der Waals surface area contributed by atoms with Gasteiger partial charge in [0.15, 0.2) is 11.6 Å². The fraction of sp³-hybridized carbons (Fsp3) is 0.500. The normalized spacial score (nSPS) is 16.7. The molecule has 0 aliphatic carbocycles. The van der Waals surface area contributed by atoms with Crippen LogP contribution in [0.15, 0.2) is 18.2 Å². The fourth-order valence-corrected chi connectivity index (χ4v) is 2.68. The van der Waals surface area contributed by atoms with E-state index >= 15 is 0 Å². The lowest BCUT2D eigenvalue weighted by Gasteiger charge is -2.31. The van der Waals surface area contributed by atoms with Gasteiger partial charge in [0.05, 0.1) is 13.2 Å². The Hall–Kier alpha value is -2.31. The van der Waals surface area contributed by atoms with E-state index in [0.29, 0.717) is 31.5 Å². The van der Waals surface area contributed by atoms with Crippen LogP contribution >= 0.6 is 0 Å². The molecule has 1 aliphatic rings. The topological polar surface area (TPSA) is 84.7 Å². The molecule has 1 aromatic rings. The molecule has 1 fully saturated rings. The number of rotatable bonds is 4. The number of carbonyl (C=O) groups is 2. The first-order valence-electron chi connectivity index (χ1n) is 7.60. The molecule has 1 aromatic carbocycles. The number of nitrogens with zero attached hydrogens (tertiary/aromatic N) is 1. The van der Waals surface area contributed by atoms with Crippen molar-refractivity contribution in [3.05, 3.63) is 29.6 Å². The highest BCUT2D eigenvalue weighted by molar-refractivity contribution is 5.78. The van der Waals surface area contributed by atoms with Gasteiger partial charge >= 0.3 is 6.03 Å². The molecular weight excluding hydrogens is 301 g/mol. The highest BCUT2D eigenvalue weighted by atomic mass is 19.1. The zero-order chi connectivity index (χ0) is 17.0.